The van der Waals surface area contributed by atoms with E-state index >= 15 is 0 Å². The summed E-state index contributed by atoms with van der Waals surface area (Å²) < 4.78 is 52.0. The molecule has 0 aromatic heterocycles. The second-order valence-electron chi connectivity index (χ2n) is 6.03. The number of hydrogen-bond acceptors (Lipinski definition) is 2. The van der Waals surface area contributed by atoms with Crippen LogP contribution in [0, 0.1) is 11.2 Å². The maximum Gasteiger partial charge on any atom is 0.419 e. The maximum atomic E-state index is 14.0. The SMILES string of the molecule is CC(C)(C)CCC(NN)c1cccc(C(F)(F)F)c1F. The molecule has 0 aliphatic carbocycles. The molecule has 0 amide bonds. The van der Waals surface area contributed by atoms with Crippen LogP contribution in [0.4, 0.5) is 17.6 Å². The van der Waals surface area contributed by atoms with Gasteiger partial charge in [0, 0.05) is 11.6 Å². The Balaban J connectivity index is 3.05. The van der Waals surface area contributed by atoms with Gasteiger partial charge in [0.2, 0.25) is 0 Å². The quantitative estimate of drug-likeness (QED) is 0.496. The van der Waals surface area contributed by atoms with Crippen molar-refractivity contribution in [1.29, 1.82) is 0 Å². The third-order valence-corrected chi connectivity index (χ3v) is 3.09. The largest absolute Gasteiger partial charge is 0.419 e. The lowest BCUT2D eigenvalue weighted by Gasteiger charge is -2.24. The van der Waals surface area contributed by atoms with Gasteiger partial charge < -0.3 is 0 Å². The molecule has 1 rings (SSSR count). The summed E-state index contributed by atoms with van der Waals surface area (Å²) in [6.45, 7) is 6.01. The fraction of sp³-hybridized carbons (Fsp3) is 0.571. The topological polar surface area (TPSA) is 38.0 Å². The average Bonchev–Trinajstić information content (AvgIpc) is 2.28. The zero-order valence-corrected chi connectivity index (χ0v) is 11.8. The summed E-state index contributed by atoms with van der Waals surface area (Å²) in [6, 6.07) is 2.62. The van der Waals surface area contributed by atoms with Gasteiger partial charge in [-0.2, -0.15) is 13.2 Å². The molecule has 0 aliphatic rings. The van der Waals surface area contributed by atoms with Crippen molar-refractivity contribution in [3.8, 4) is 0 Å². The van der Waals surface area contributed by atoms with E-state index in [1.54, 1.807) is 0 Å². The molecule has 0 spiro atoms. The molecule has 1 aromatic rings. The van der Waals surface area contributed by atoms with Gasteiger partial charge in [-0.1, -0.05) is 32.9 Å². The van der Waals surface area contributed by atoms with Gasteiger partial charge in [0.15, 0.2) is 0 Å². The van der Waals surface area contributed by atoms with Gasteiger partial charge in [-0.05, 0) is 24.3 Å². The minimum Gasteiger partial charge on any atom is -0.271 e. The van der Waals surface area contributed by atoms with Gasteiger partial charge in [-0.25, -0.2) is 4.39 Å². The van der Waals surface area contributed by atoms with Gasteiger partial charge in [-0.15, -0.1) is 0 Å². The van der Waals surface area contributed by atoms with E-state index in [9.17, 15) is 17.6 Å². The zero-order valence-electron chi connectivity index (χ0n) is 11.8. The first kappa shape index (κ1) is 16.9. The number of nitrogens with one attached hydrogen (secondary N) is 1. The van der Waals surface area contributed by atoms with Gasteiger partial charge in [0.25, 0.3) is 0 Å². The third kappa shape index (κ3) is 4.45. The van der Waals surface area contributed by atoms with Crippen molar-refractivity contribution >= 4 is 0 Å². The lowest BCUT2D eigenvalue weighted by molar-refractivity contribution is -0.140. The Bertz CT molecular complexity index is 449. The molecule has 1 aromatic carbocycles. The van der Waals surface area contributed by atoms with Crippen LogP contribution in [0.3, 0.4) is 0 Å². The fourth-order valence-electron chi connectivity index (χ4n) is 1.94. The predicted molar refractivity (Wildman–Crippen MR) is 70.2 cm³/mol. The van der Waals surface area contributed by atoms with E-state index < -0.39 is 23.6 Å². The molecule has 1 atom stereocenters. The first-order valence-electron chi connectivity index (χ1n) is 6.38. The van der Waals surface area contributed by atoms with Crippen molar-refractivity contribution in [3.05, 3.63) is 35.1 Å². The Hall–Kier alpha value is -1.14. The minimum atomic E-state index is -4.71. The normalized spacial score (nSPS) is 14.4. The molecule has 0 aliphatic heterocycles. The predicted octanol–water partition coefficient (Wildman–Crippen LogP) is 4.18. The molecule has 0 saturated heterocycles. The molecule has 114 valence electrons. The van der Waals surface area contributed by atoms with Crippen molar-refractivity contribution in [3.63, 3.8) is 0 Å². The molecule has 0 bridgehead atoms. The second-order valence-corrected chi connectivity index (χ2v) is 6.03. The number of hydrazine groups is 1. The van der Waals surface area contributed by atoms with Crippen molar-refractivity contribution in [2.75, 3.05) is 0 Å². The summed E-state index contributed by atoms with van der Waals surface area (Å²) in [5, 5.41) is 0. The van der Waals surface area contributed by atoms with Crippen LogP contribution in [0.2, 0.25) is 0 Å². The first-order valence-corrected chi connectivity index (χ1v) is 6.38. The van der Waals surface area contributed by atoms with Gasteiger partial charge in [-0.3, -0.25) is 11.3 Å². The Morgan fingerprint density at radius 3 is 2.25 bits per heavy atom. The molecular formula is C14H20F4N2. The van der Waals surface area contributed by atoms with E-state index in [4.69, 9.17) is 5.84 Å². The summed E-state index contributed by atoms with van der Waals surface area (Å²) in [4.78, 5) is 0. The van der Waals surface area contributed by atoms with Crippen LogP contribution in [0.25, 0.3) is 0 Å². The van der Waals surface area contributed by atoms with Gasteiger partial charge >= 0.3 is 6.18 Å². The lowest BCUT2D eigenvalue weighted by Crippen LogP contribution is -2.30. The highest BCUT2D eigenvalue weighted by Crippen LogP contribution is 2.35. The first-order chi connectivity index (χ1) is 9.06. The molecular weight excluding hydrogens is 272 g/mol. The second kappa shape index (κ2) is 6.10. The van der Waals surface area contributed by atoms with Crippen LogP contribution in [0.1, 0.15) is 50.8 Å². The summed E-state index contributed by atoms with van der Waals surface area (Å²) in [5.41, 5.74) is 1.09. The molecule has 3 N–H and O–H groups in total. The molecule has 0 fully saturated rings. The van der Waals surface area contributed by atoms with Crippen LogP contribution >= 0.6 is 0 Å². The van der Waals surface area contributed by atoms with Crippen molar-refractivity contribution in [1.82, 2.24) is 5.43 Å². The summed E-state index contributed by atoms with van der Waals surface area (Å²) in [5.74, 6) is 4.11. The summed E-state index contributed by atoms with van der Waals surface area (Å²) in [7, 11) is 0. The van der Waals surface area contributed by atoms with Crippen LogP contribution < -0.4 is 11.3 Å². The third-order valence-electron chi connectivity index (χ3n) is 3.09. The van der Waals surface area contributed by atoms with E-state index in [0.717, 1.165) is 6.07 Å². The zero-order chi connectivity index (χ0) is 15.6. The number of halogens is 4. The smallest absolute Gasteiger partial charge is 0.271 e. The van der Waals surface area contributed by atoms with Crippen LogP contribution in [-0.2, 0) is 6.18 Å². The maximum absolute atomic E-state index is 14.0. The Morgan fingerprint density at radius 1 is 1.20 bits per heavy atom. The Labute approximate surface area is 116 Å². The van der Waals surface area contributed by atoms with E-state index in [-0.39, 0.29) is 11.0 Å². The highest BCUT2D eigenvalue weighted by atomic mass is 19.4. The van der Waals surface area contributed by atoms with Crippen LogP contribution in [0.15, 0.2) is 18.2 Å². The Morgan fingerprint density at radius 2 is 1.80 bits per heavy atom. The van der Waals surface area contributed by atoms with Crippen molar-refractivity contribution < 1.29 is 17.6 Å². The molecule has 6 heteroatoms. The number of rotatable bonds is 4. The summed E-state index contributed by atoms with van der Waals surface area (Å²) >= 11 is 0. The van der Waals surface area contributed by atoms with Crippen LogP contribution in [0.5, 0.6) is 0 Å². The monoisotopic (exact) mass is 292 g/mol. The highest BCUT2D eigenvalue weighted by molar-refractivity contribution is 5.30. The summed E-state index contributed by atoms with van der Waals surface area (Å²) in [6.07, 6.45) is -3.54. The molecule has 20 heavy (non-hydrogen) atoms. The van der Waals surface area contributed by atoms with Gasteiger partial charge in [0.05, 0.1) is 5.56 Å². The van der Waals surface area contributed by atoms with E-state index in [1.165, 1.54) is 12.1 Å². The number of benzene rings is 1. The standard InChI is InChI=1S/C14H20F4N2/c1-13(2,3)8-7-11(20-19)9-5-4-6-10(12(9)15)14(16,17)18/h4-6,11,20H,7-8,19H2,1-3H3. The van der Waals surface area contributed by atoms with Crippen molar-refractivity contribution in [2.45, 2.75) is 45.8 Å². The van der Waals surface area contributed by atoms with Gasteiger partial charge in [0.1, 0.15) is 5.82 Å². The van der Waals surface area contributed by atoms with E-state index in [1.807, 2.05) is 20.8 Å². The van der Waals surface area contributed by atoms with E-state index in [2.05, 4.69) is 5.43 Å². The number of nitrogens with two attached hydrogens (primary N) is 1. The molecule has 1 unspecified atom stereocenters. The number of hydrogen-bond donors (Lipinski definition) is 2. The molecule has 2 nitrogen and oxygen atoms in total. The van der Waals surface area contributed by atoms with Crippen LogP contribution in [-0.4, -0.2) is 0 Å². The molecule has 0 radical (unpaired) electrons. The highest BCUT2D eigenvalue weighted by Gasteiger charge is 2.35. The molecule has 0 heterocycles. The average molecular weight is 292 g/mol. The van der Waals surface area contributed by atoms with E-state index in [0.29, 0.717) is 12.8 Å². The molecule has 0 saturated carbocycles. The number of alkyl halides is 3. The van der Waals surface area contributed by atoms with Crippen molar-refractivity contribution in [2.24, 2.45) is 11.3 Å². The fourth-order valence-corrected chi connectivity index (χ4v) is 1.94. The Kier molecular flexibility index (Phi) is 5.15. The lowest BCUT2D eigenvalue weighted by atomic mass is 9.87. The minimum absolute atomic E-state index is 0.00673.